The van der Waals surface area contributed by atoms with Crippen molar-refractivity contribution in [3.05, 3.63) is 34.3 Å². The Hall–Kier alpha value is -1.06. The molecule has 0 aliphatic carbocycles. The van der Waals surface area contributed by atoms with Crippen LogP contribution in [-0.2, 0) is 0 Å². The second kappa shape index (κ2) is 6.40. The first-order chi connectivity index (χ1) is 9.11. The molecule has 104 valence electrons. The number of aryl methyl sites for hydroxylation is 1. The molecular weight excluding hydrogens is 262 g/mol. The van der Waals surface area contributed by atoms with Gasteiger partial charge in [0.05, 0.1) is 0 Å². The van der Waals surface area contributed by atoms with Crippen molar-refractivity contribution in [3.63, 3.8) is 0 Å². The van der Waals surface area contributed by atoms with Crippen LogP contribution in [-0.4, -0.2) is 35.6 Å². The highest BCUT2D eigenvalue weighted by Crippen LogP contribution is 2.23. The van der Waals surface area contributed by atoms with E-state index >= 15 is 0 Å². The topological polar surface area (TPSA) is 40.5 Å². The zero-order chi connectivity index (χ0) is 13.8. The monoisotopic (exact) mass is 281 g/mol. The van der Waals surface area contributed by atoms with E-state index in [2.05, 4.69) is 0 Å². The van der Waals surface area contributed by atoms with Crippen LogP contribution in [0, 0.1) is 12.8 Å². The highest BCUT2D eigenvalue weighted by molar-refractivity contribution is 6.31. The molecule has 1 N–H and O–H groups in total. The number of aliphatic hydroxyl groups is 1. The third kappa shape index (κ3) is 3.48. The number of amides is 1. The van der Waals surface area contributed by atoms with Gasteiger partial charge in [-0.15, -0.1) is 0 Å². The van der Waals surface area contributed by atoms with Crippen LogP contribution >= 0.6 is 11.6 Å². The number of carbonyl (C=O) groups excluding carboxylic acids is 1. The van der Waals surface area contributed by atoms with Gasteiger partial charge in [-0.3, -0.25) is 4.79 Å². The fraction of sp³-hybridized carbons (Fsp3) is 0.533. The molecule has 1 fully saturated rings. The van der Waals surface area contributed by atoms with Crippen molar-refractivity contribution in [3.8, 4) is 0 Å². The van der Waals surface area contributed by atoms with E-state index < -0.39 is 0 Å². The maximum Gasteiger partial charge on any atom is 0.254 e. The summed E-state index contributed by atoms with van der Waals surface area (Å²) in [7, 11) is 0. The first kappa shape index (κ1) is 14.4. The van der Waals surface area contributed by atoms with Crippen molar-refractivity contribution >= 4 is 17.5 Å². The molecule has 1 saturated heterocycles. The molecule has 19 heavy (non-hydrogen) atoms. The number of carbonyl (C=O) groups is 1. The summed E-state index contributed by atoms with van der Waals surface area (Å²) in [4.78, 5) is 14.4. The Labute approximate surface area is 119 Å². The third-order valence-corrected chi connectivity index (χ3v) is 4.01. The highest BCUT2D eigenvalue weighted by Gasteiger charge is 2.25. The largest absolute Gasteiger partial charge is 0.396 e. The van der Waals surface area contributed by atoms with Crippen molar-refractivity contribution < 1.29 is 9.90 Å². The van der Waals surface area contributed by atoms with Crippen molar-refractivity contribution in [2.45, 2.75) is 26.2 Å². The summed E-state index contributed by atoms with van der Waals surface area (Å²) in [6, 6.07) is 5.43. The molecule has 1 atom stereocenters. The number of benzene rings is 1. The smallest absolute Gasteiger partial charge is 0.254 e. The lowest BCUT2D eigenvalue weighted by atomic mass is 9.94. The van der Waals surface area contributed by atoms with Gasteiger partial charge in [0.2, 0.25) is 0 Å². The summed E-state index contributed by atoms with van der Waals surface area (Å²) in [5.74, 6) is 0.477. The molecule has 0 radical (unpaired) electrons. The molecule has 0 aromatic heterocycles. The fourth-order valence-corrected chi connectivity index (χ4v) is 2.83. The second-order valence-electron chi connectivity index (χ2n) is 5.23. The molecule has 0 bridgehead atoms. The van der Waals surface area contributed by atoms with E-state index in [9.17, 15) is 4.79 Å². The van der Waals surface area contributed by atoms with Crippen LogP contribution in [0.4, 0.5) is 0 Å². The average Bonchev–Trinajstić information content (AvgIpc) is 2.41. The average molecular weight is 282 g/mol. The van der Waals surface area contributed by atoms with E-state index in [0.29, 0.717) is 16.5 Å². The van der Waals surface area contributed by atoms with Gasteiger partial charge in [0.25, 0.3) is 5.91 Å². The first-order valence-electron chi connectivity index (χ1n) is 6.78. The van der Waals surface area contributed by atoms with Crippen LogP contribution < -0.4 is 0 Å². The maximum atomic E-state index is 12.5. The Bertz CT molecular complexity index is 459. The summed E-state index contributed by atoms with van der Waals surface area (Å²) in [6.07, 6.45) is 2.88. The van der Waals surface area contributed by atoms with Gasteiger partial charge in [-0.25, -0.2) is 0 Å². The second-order valence-corrected chi connectivity index (χ2v) is 5.67. The molecule has 1 unspecified atom stereocenters. The zero-order valence-corrected chi connectivity index (χ0v) is 12.0. The normalized spacial score (nSPS) is 19.5. The molecule has 0 saturated carbocycles. The Kier molecular flexibility index (Phi) is 4.83. The van der Waals surface area contributed by atoms with Gasteiger partial charge in [-0.1, -0.05) is 17.7 Å². The van der Waals surface area contributed by atoms with Crippen LogP contribution in [0.15, 0.2) is 18.2 Å². The molecule has 1 heterocycles. The van der Waals surface area contributed by atoms with Gasteiger partial charge in [-0.2, -0.15) is 0 Å². The lowest BCUT2D eigenvalue weighted by Gasteiger charge is -2.33. The molecule has 1 amide bonds. The Balaban J connectivity index is 2.12. The summed E-state index contributed by atoms with van der Waals surface area (Å²) in [6.45, 7) is 3.67. The Morgan fingerprint density at radius 1 is 1.53 bits per heavy atom. The van der Waals surface area contributed by atoms with Crippen LogP contribution in [0.3, 0.4) is 0 Å². The van der Waals surface area contributed by atoms with Crippen molar-refractivity contribution in [2.24, 2.45) is 5.92 Å². The van der Waals surface area contributed by atoms with Crippen LogP contribution in [0.1, 0.15) is 35.2 Å². The van der Waals surface area contributed by atoms with E-state index in [1.54, 1.807) is 12.1 Å². The van der Waals surface area contributed by atoms with Crippen LogP contribution in [0.5, 0.6) is 0 Å². The lowest BCUT2D eigenvalue weighted by molar-refractivity contribution is 0.0653. The Morgan fingerprint density at radius 3 is 3.05 bits per heavy atom. The number of likely N-dealkylation sites (tertiary alicyclic amines) is 1. The Morgan fingerprint density at radius 2 is 2.32 bits per heavy atom. The molecule has 4 heteroatoms. The molecular formula is C15H20ClNO2. The van der Waals surface area contributed by atoms with Gasteiger partial charge < -0.3 is 10.0 Å². The zero-order valence-electron chi connectivity index (χ0n) is 11.2. The third-order valence-electron chi connectivity index (χ3n) is 3.77. The molecule has 2 rings (SSSR count). The minimum Gasteiger partial charge on any atom is -0.396 e. The van der Waals surface area contributed by atoms with E-state index in [4.69, 9.17) is 16.7 Å². The molecule has 1 aliphatic heterocycles. The van der Waals surface area contributed by atoms with Gasteiger partial charge in [0, 0.05) is 30.3 Å². The van der Waals surface area contributed by atoms with E-state index in [1.165, 1.54) is 0 Å². The fourth-order valence-electron chi connectivity index (χ4n) is 2.66. The number of hydrogen-bond acceptors (Lipinski definition) is 2. The van der Waals surface area contributed by atoms with Crippen LogP contribution in [0.25, 0.3) is 0 Å². The number of rotatable bonds is 3. The van der Waals surface area contributed by atoms with Gasteiger partial charge in [0.1, 0.15) is 0 Å². The van der Waals surface area contributed by atoms with E-state index in [1.807, 2.05) is 17.9 Å². The summed E-state index contributed by atoms with van der Waals surface area (Å²) >= 11 is 5.97. The van der Waals surface area contributed by atoms with E-state index in [0.717, 1.165) is 37.9 Å². The summed E-state index contributed by atoms with van der Waals surface area (Å²) in [5.41, 5.74) is 1.65. The van der Waals surface area contributed by atoms with Crippen molar-refractivity contribution in [1.82, 2.24) is 4.90 Å². The predicted molar refractivity (Wildman–Crippen MR) is 76.5 cm³/mol. The molecule has 1 aromatic carbocycles. The van der Waals surface area contributed by atoms with E-state index in [-0.39, 0.29) is 12.5 Å². The number of halogens is 1. The quantitative estimate of drug-likeness (QED) is 0.925. The lowest BCUT2D eigenvalue weighted by Crippen LogP contribution is -2.40. The number of nitrogens with zero attached hydrogens (tertiary/aromatic N) is 1. The highest BCUT2D eigenvalue weighted by atomic mass is 35.5. The van der Waals surface area contributed by atoms with Gasteiger partial charge in [-0.05, 0) is 49.8 Å². The standard InChI is InChI=1S/C15H20ClNO2/c1-11-4-5-13(16)9-14(11)15(19)17-7-2-3-12(10-17)6-8-18/h4-5,9,12,18H,2-3,6-8,10H2,1H3. The first-order valence-corrected chi connectivity index (χ1v) is 7.16. The van der Waals surface area contributed by atoms with Crippen molar-refractivity contribution in [1.29, 1.82) is 0 Å². The summed E-state index contributed by atoms with van der Waals surface area (Å²) in [5, 5.41) is 9.62. The molecule has 0 spiro atoms. The predicted octanol–water partition coefficient (Wildman–Crippen LogP) is 2.88. The number of piperidine rings is 1. The van der Waals surface area contributed by atoms with Crippen LogP contribution in [0.2, 0.25) is 5.02 Å². The summed E-state index contributed by atoms with van der Waals surface area (Å²) < 4.78 is 0. The number of aliphatic hydroxyl groups excluding tert-OH is 1. The maximum absolute atomic E-state index is 12.5. The molecule has 1 aromatic rings. The minimum atomic E-state index is 0.0580. The number of hydrogen-bond donors (Lipinski definition) is 1. The van der Waals surface area contributed by atoms with Gasteiger partial charge in [0.15, 0.2) is 0 Å². The molecule has 1 aliphatic rings. The van der Waals surface area contributed by atoms with Gasteiger partial charge >= 0.3 is 0 Å². The SMILES string of the molecule is Cc1ccc(Cl)cc1C(=O)N1CCCC(CCO)C1. The molecule has 3 nitrogen and oxygen atoms in total. The van der Waals surface area contributed by atoms with Crippen molar-refractivity contribution in [2.75, 3.05) is 19.7 Å². The minimum absolute atomic E-state index is 0.0580.